The molecular formula is C10H12FN5S. The summed E-state index contributed by atoms with van der Waals surface area (Å²) in [6, 6.07) is 4.65. The number of aryl methyl sites for hydroxylation is 1. The van der Waals surface area contributed by atoms with Gasteiger partial charge in [-0.1, -0.05) is 6.07 Å². The van der Waals surface area contributed by atoms with Gasteiger partial charge in [0.1, 0.15) is 11.6 Å². The lowest BCUT2D eigenvalue weighted by Crippen LogP contribution is -2.14. The molecule has 5 nitrogen and oxygen atoms in total. The molecule has 0 amide bonds. The van der Waals surface area contributed by atoms with E-state index in [4.69, 9.17) is 0 Å². The summed E-state index contributed by atoms with van der Waals surface area (Å²) in [5, 5.41) is 6.90. The van der Waals surface area contributed by atoms with E-state index in [2.05, 4.69) is 25.0 Å². The van der Waals surface area contributed by atoms with Crippen molar-refractivity contribution in [1.29, 1.82) is 0 Å². The highest BCUT2D eigenvalue weighted by molar-refractivity contribution is 7.09. The van der Waals surface area contributed by atoms with Crippen LogP contribution in [0.1, 0.15) is 5.82 Å². The zero-order chi connectivity index (χ0) is 12.1. The van der Waals surface area contributed by atoms with Crippen molar-refractivity contribution in [1.82, 2.24) is 14.3 Å². The van der Waals surface area contributed by atoms with Gasteiger partial charge >= 0.3 is 0 Å². The standard InChI is InChI=1S/C10H12FN5S/c1-7-14-10(17-16-7)13-6-5-12-9-4-2-3-8(11)15-9/h2-4H,5-6H2,1H3,(H,12,15)(H,13,14,16). The normalized spacial score (nSPS) is 10.2. The van der Waals surface area contributed by atoms with Crippen molar-refractivity contribution in [3.63, 3.8) is 0 Å². The Morgan fingerprint density at radius 3 is 2.76 bits per heavy atom. The van der Waals surface area contributed by atoms with Crippen LogP contribution in [0.2, 0.25) is 0 Å². The molecule has 0 saturated heterocycles. The molecule has 2 aromatic heterocycles. The molecule has 7 heteroatoms. The van der Waals surface area contributed by atoms with Gasteiger partial charge in [0.15, 0.2) is 0 Å². The predicted molar refractivity (Wildman–Crippen MR) is 65.8 cm³/mol. The smallest absolute Gasteiger partial charge is 0.214 e. The van der Waals surface area contributed by atoms with E-state index in [1.807, 2.05) is 6.92 Å². The van der Waals surface area contributed by atoms with Crippen molar-refractivity contribution in [3.8, 4) is 0 Å². The Bertz CT molecular complexity index is 487. The summed E-state index contributed by atoms with van der Waals surface area (Å²) >= 11 is 1.32. The minimum absolute atomic E-state index is 0.484. The van der Waals surface area contributed by atoms with Gasteiger partial charge < -0.3 is 10.6 Å². The second-order valence-electron chi connectivity index (χ2n) is 3.35. The lowest BCUT2D eigenvalue weighted by atomic mass is 10.4. The molecule has 90 valence electrons. The van der Waals surface area contributed by atoms with Crippen LogP contribution < -0.4 is 10.6 Å². The Kier molecular flexibility index (Phi) is 3.81. The van der Waals surface area contributed by atoms with E-state index in [-0.39, 0.29) is 0 Å². The number of hydrogen-bond acceptors (Lipinski definition) is 6. The molecule has 0 unspecified atom stereocenters. The van der Waals surface area contributed by atoms with Crippen LogP contribution in [0.15, 0.2) is 18.2 Å². The molecule has 0 atom stereocenters. The van der Waals surface area contributed by atoms with Gasteiger partial charge in [-0.15, -0.1) is 0 Å². The Hall–Kier alpha value is -1.76. The van der Waals surface area contributed by atoms with E-state index in [1.54, 1.807) is 12.1 Å². The summed E-state index contributed by atoms with van der Waals surface area (Å²) in [5.74, 6) is 0.806. The van der Waals surface area contributed by atoms with Crippen molar-refractivity contribution in [3.05, 3.63) is 30.0 Å². The first-order valence-electron chi connectivity index (χ1n) is 5.14. The molecule has 0 spiro atoms. The number of hydrogen-bond donors (Lipinski definition) is 2. The van der Waals surface area contributed by atoms with E-state index in [9.17, 15) is 4.39 Å². The highest BCUT2D eigenvalue weighted by Crippen LogP contribution is 2.09. The van der Waals surface area contributed by atoms with E-state index in [0.29, 0.717) is 18.9 Å². The molecule has 2 rings (SSSR count). The summed E-state index contributed by atoms with van der Waals surface area (Å²) in [6.45, 7) is 3.15. The minimum Gasteiger partial charge on any atom is -0.368 e. The SMILES string of the molecule is Cc1nsc(NCCNc2cccc(F)n2)n1. The topological polar surface area (TPSA) is 62.7 Å². The van der Waals surface area contributed by atoms with Gasteiger partial charge in [0, 0.05) is 24.6 Å². The lowest BCUT2D eigenvalue weighted by Gasteiger charge is -2.05. The van der Waals surface area contributed by atoms with E-state index in [0.717, 1.165) is 11.0 Å². The summed E-state index contributed by atoms with van der Waals surface area (Å²) in [6.07, 6.45) is 0. The largest absolute Gasteiger partial charge is 0.368 e. The van der Waals surface area contributed by atoms with Gasteiger partial charge in [0.2, 0.25) is 11.1 Å². The van der Waals surface area contributed by atoms with Gasteiger partial charge in [-0.3, -0.25) is 0 Å². The Morgan fingerprint density at radius 1 is 1.24 bits per heavy atom. The fourth-order valence-corrected chi connectivity index (χ4v) is 1.83. The molecule has 2 heterocycles. The maximum Gasteiger partial charge on any atom is 0.214 e. The van der Waals surface area contributed by atoms with Gasteiger partial charge in [-0.05, 0) is 19.1 Å². The van der Waals surface area contributed by atoms with Crippen molar-refractivity contribution in [2.75, 3.05) is 23.7 Å². The minimum atomic E-state index is -0.484. The summed E-state index contributed by atoms with van der Waals surface area (Å²) < 4.78 is 16.8. The number of pyridine rings is 1. The molecule has 0 bridgehead atoms. The van der Waals surface area contributed by atoms with Crippen molar-refractivity contribution >= 4 is 22.5 Å². The van der Waals surface area contributed by atoms with E-state index < -0.39 is 5.95 Å². The zero-order valence-electron chi connectivity index (χ0n) is 9.27. The third kappa shape index (κ3) is 3.63. The fraction of sp³-hybridized carbons (Fsp3) is 0.300. The number of nitrogens with one attached hydrogen (secondary N) is 2. The quantitative estimate of drug-likeness (QED) is 0.629. The van der Waals surface area contributed by atoms with Gasteiger partial charge in [-0.25, -0.2) is 9.97 Å². The average Bonchev–Trinajstić information content (AvgIpc) is 2.71. The van der Waals surface area contributed by atoms with Crippen LogP contribution in [0, 0.1) is 12.9 Å². The highest BCUT2D eigenvalue weighted by atomic mass is 32.1. The van der Waals surface area contributed by atoms with Crippen molar-refractivity contribution in [2.24, 2.45) is 0 Å². The molecule has 0 radical (unpaired) electrons. The van der Waals surface area contributed by atoms with Crippen molar-refractivity contribution in [2.45, 2.75) is 6.92 Å². The Morgan fingerprint density at radius 2 is 2.06 bits per heavy atom. The van der Waals surface area contributed by atoms with Crippen LogP contribution in [-0.2, 0) is 0 Å². The van der Waals surface area contributed by atoms with E-state index >= 15 is 0 Å². The summed E-state index contributed by atoms with van der Waals surface area (Å²) in [4.78, 5) is 7.85. The first kappa shape index (κ1) is 11.7. The van der Waals surface area contributed by atoms with Gasteiger partial charge in [0.25, 0.3) is 0 Å². The van der Waals surface area contributed by atoms with Crippen LogP contribution in [0.5, 0.6) is 0 Å². The molecule has 17 heavy (non-hydrogen) atoms. The van der Waals surface area contributed by atoms with Crippen LogP contribution in [0.4, 0.5) is 15.3 Å². The third-order valence-electron chi connectivity index (χ3n) is 1.95. The van der Waals surface area contributed by atoms with Crippen LogP contribution in [-0.4, -0.2) is 27.4 Å². The molecular weight excluding hydrogens is 241 g/mol. The third-order valence-corrected chi connectivity index (χ3v) is 2.71. The van der Waals surface area contributed by atoms with Crippen LogP contribution in [0.25, 0.3) is 0 Å². The second kappa shape index (κ2) is 5.53. The molecule has 0 aliphatic heterocycles. The summed E-state index contributed by atoms with van der Waals surface area (Å²) in [7, 11) is 0. The zero-order valence-corrected chi connectivity index (χ0v) is 10.1. The number of halogens is 1. The van der Waals surface area contributed by atoms with Crippen molar-refractivity contribution < 1.29 is 4.39 Å². The number of rotatable bonds is 5. The van der Waals surface area contributed by atoms with Crippen LogP contribution >= 0.6 is 11.5 Å². The number of anilines is 2. The Balaban J connectivity index is 1.73. The molecule has 2 N–H and O–H groups in total. The highest BCUT2D eigenvalue weighted by Gasteiger charge is 1.99. The fourth-order valence-electron chi connectivity index (χ4n) is 1.24. The second-order valence-corrected chi connectivity index (χ2v) is 4.10. The molecule has 0 aliphatic rings. The molecule has 0 saturated carbocycles. The monoisotopic (exact) mass is 253 g/mol. The first-order chi connectivity index (χ1) is 8.24. The molecule has 0 aromatic carbocycles. The number of nitrogens with zero attached hydrogens (tertiary/aromatic N) is 3. The molecule has 0 fully saturated rings. The maximum absolute atomic E-state index is 12.8. The van der Waals surface area contributed by atoms with Crippen LogP contribution in [0.3, 0.4) is 0 Å². The molecule has 2 aromatic rings. The van der Waals surface area contributed by atoms with E-state index in [1.165, 1.54) is 17.6 Å². The predicted octanol–water partition coefficient (Wildman–Crippen LogP) is 1.90. The van der Waals surface area contributed by atoms with Gasteiger partial charge in [0.05, 0.1) is 0 Å². The first-order valence-corrected chi connectivity index (χ1v) is 5.92. The summed E-state index contributed by atoms with van der Waals surface area (Å²) in [5.41, 5.74) is 0. The van der Waals surface area contributed by atoms with Gasteiger partial charge in [-0.2, -0.15) is 8.76 Å². The lowest BCUT2D eigenvalue weighted by molar-refractivity contribution is 0.585. The average molecular weight is 253 g/mol. The molecule has 0 aliphatic carbocycles. The number of aromatic nitrogens is 3. The maximum atomic E-state index is 12.8. The Labute approximate surface area is 102 Å².